The largest absolute Gasteiger partial charge is 0.316 e. The van der Waals surface area contributed by atoms with Crippen LogP contribution in [-0.4, -0.2) is 22.9 Å². The van der Waals surface area contributed by atoms with Crippen LogP contribution in [-0.2, 0) is 19.4 Å². The zero-order chi connectivity index (χ0) is 13.0. The van der Waals surface area contributed by atoms with Crippen LogP contribution in [0.25, 0.3) is 0 Å². The molecule has 1 atom stereocenters. The summed E-state index contributed by atoms with van der Waals surface area (Å²) >= 11 is 3.70. The molecule has 98 valence electrons. The van der Waals surface area contributed by atoms with Gasteiger partial charge in [0.05, 0.1) is 15.9 Å². The molecular formula is C13H24BrN3. The zero-order valence-electron chi connectivity index (χ0n) is 11.5. The molecule has 17 heavy (non-hydrogen) atoms. The quantitative estimate of drug-likeness (QED) is 0.875. The second-order valence-corrected chi connectivity index (χ2v) is 5.51. The Kier molecular flexibility index (Phi) is 5.67. The highest BCUT2D eigenvalue weighted by Crippen LogP contribution is 2.24. The van der Waals surface area contributed by atoms with Gasteiger partial charge >= 0.3 is 0 Å². The van der Waals surface area contributed by atoms with Crippen LogP contribution in [0, 0.1) is 5.92 Å². The average molecular weight is 302 g/mol. The van der Waals surface area contributed by atoms with Gasteiger partial charge in [-0.05, 0) is 42.2 Å². The fraction of sp³-hybridized carbons (Fsp3) is 0.769. The van der Waals surface area contributed by atoms with Crippen LogP contribution in [0.15, 0.2) is 4.47 Å². The molecular weight excluding hydrogens is 278 g/mol. The molecule has 0 aromatic carbocycles. The minimum Gasteiger partial charge on any atom is -0.316 e. The second kappa shape index (κ2) is 6.55. The molecule has 0 saturated carbocycles. The van der Waals surface area contributed by atoms with E-state index < -0.39 is 0 Å². The van der Waals surface area contributed by atoms with Crippen LogP contribution in [0.5, 0.6) is 0 Å². The van der Waals surface area contributed by atoms with Crippen molar-refractivity contribution >= 4 is 15.9 Å². The fourth-order valence-electron chi connectivity index (χ4n) is 2.09. The summed E-state index contributed by atoms with van der Waals surface area (Å²) in [7, 11) is 2.03. The van der Waals surface area contributed by atoms with E-state index in [1.165, 1.54) is 15.9 Å². The molecule has 0 amide bonds. The number of hydrogen-bond acceptors (Lipinski definition) is 2. The van der Waals surface area contributed by atoms with Gasteiger partial charge in [0.1, 0.15) is 0 Å². The molecule has 1 aromatic rings. The van der Waals surface area contributed by atoms with Crippen LogP contribution in [0.1, 0.15) is 39.1 Å². The van der Waals surface area contributed by atoms with Crippen molar-refractivity contribution in [1.29, 1.82) is 0 Å². The Morgan fingerprint density at radius 3 is 2.41 bits per heavy atom. The third-order valence-electron chi connectivity index (χ3n) is 3.28. The number of halogens is 1. The molecule has 1 unspecified atom stereocenters. The summed E-state index contributed by atoms with van der Waals surface area (Å²) in [6.45, 7) is 9.73. The van der Waals surface area contributed by atoms with Crippen LogP contribution in [0.2, 0.25) is 0 Å². The Morgan fingerprint density at radius 1 is 1.35 bits per heavy atom. The van der Waals surface area contributed by atoms with Gasteiger partial charge in [-0.3, -0.25) is 4.68 Å². The highest BCUT2D eigenvalue weighted by atomic mass is 79.9. The van der Waals surface area contributed by atoms with Crippen molar-refractivity contribution in [2.24, 2.45) is 5.92 Å². The summed E-state index contributed by atoms with van der Waals surface area (Å²) in [5.74, 6) is 0.622. The van der Waals surface area contributed by atoms with Crippen molar-refractivity contribution in [1.82, 2.24) is 15.1 Å². The average Bonchev–Trinajstić information content (AvgIpc) is 2.62. The van der Waals surface area contributed by atoms with Crippen molar-refractivity contribution in [3.8, 4) is 0 Å². The highest BCUT2D eigenvalue weighted by molar-refractivity contribution is 9.10. The van der Waals surface area contributed by atoms with E-state index in [4.69, 9.17) is 0 Å². The van der Waals surface area contributed by atoms with Gasteiger partial charge in [0.25, 0.3) is 0 Å². The van der Waals surface area contributed by atoms with Gasteiger partial charge in [0.2, 0.25) is 0 Å². The molecule has 0 aliphatic heterocycles. The number of aromatic nitrogens is 2. The molecule has 0 aliphatic rings. The molecule has 1 aromatic heterocycles. The Hall–Kier alpha value is -0.350. The van der Waals surface area contributed by atoms with Crippen molar-refractivity contribution in [2.75, 3.05) is 7.05 Å². The van der Waals surface area contributed by atoms with Crippen LogP contribution >= 0.6 is 15.9 Å². The van der Waals surface area contributed by atoms with Gasteiger partial charge in [-0.1, -0.05) is 20.8 Å². The minimum atomic E-state index is 0.498. The Bertz CT molecular complexity index is 358. The number of hydrogen-bond donors (Lipinski definition) is 1. The van der Waals surface area contributed by atoms with E-state index in [0.717, 1.165) is 19.4 Å². The Balaban J connectivity index is 2.99. The van der Waals surface area contributed by atoms with Gasteiger partial charge in [0.15, 0.2) is 0 Å². The molecule has 0 spiro atoms. The molecule has 4 heteroatoms. The maximum Gasteiger partial charge on any atom is 0.0766 e. The minimum absolute atomic E-state index is 0.498. The molecule has 0 radical (unpaired) electrons. The highest BCUT2D eigenvalue weighted by Gasteiger charge is 2.19. The van der Waals surface area contributed by atoms with Gasteiger partial charge in [0, 0.05) is 19.0 Å². The summed E-state index contributed by atoms with van der Waals surface area (Å²) in [5, 5.41) is 8.03. The van der Waals surface area contributed by atoms with E-state index in [1.807, 2.05) is 7.05 Å². The van der Waals surface area contributed by atoms with E-state index >= 15 is 0 Å². The summed E-state index contributed by atoms with van der Waals surface area (Å²) in [6, 6.07) is 0.498. The maximum atomic E-state index is 4.64. The number of nitrogens with zero attached hydrogens (tertiary/aromatic N) is 2. The van der Waals surface area contributed by atoms with Gasteiger partial charge in [-0.2, -0.15) is 5.10 Å². The van der Waals surface area contributed by atoms with Crippen LogP contribution < -0.4 is 5.32 Å². The first-order valence-electron chi connectivity index (χ1n) is 6.46. The second-order valence-electron chi connectivity index (χ2n) is 4.72. The first-order chi connectivity index (χ1) is 8.04. The van der Waals surface area contributed by atoms with Gasteiger partial charge in [-0.15, -0.1) is 0 Å². The van der Waals surface area contributed by atoms with E-state index in [2.05, 4.69) is 58.7 Å². The first kappa shape index (κ1) is 14.7. The van der Waals surface area contributed by atoms with Crippen LogP contribution in [0.3, 0.4) is 0 Å². The first-order valence-corrected chi connectivity index (χ1v) is 7.25. The number of rotatable bonds is 6. The molecule has 0 fully saturated rings. The summed E-state index contributed by atoms with van der Waals surface area (Å²) in [6.07, 6.45) is 2.00. The fourth-order valence-corrected chi connectivity index (χ4v) is 2.82. The third-order valence-corrected chi connectivity index (χ3v) is 4.20. The molecule has 0 saturated heterocycles. The lowest BCUT2D eigenvalue weighted by Crippen LogP contribution is -2.33. The zero-order valence-corrected chi connectivity index (χ0v) is 13.1. The molecule has 0 aliphatic carbocycles. The summed E-state index contributed by atoms with van der Waals surface area (Å²) < 4.78 is 3.32. The van der Waals surface area contributed by atoms with Gasteiger partial charge < -0.3 is 5.32 Å². The molecule has 1 rings (SSSR count). The Labute approximate surface area is 113 Å². The lowest BCUT2D eigenvalue weighted by molar-refractivity contribution is 0.412. The summed E-state index contributed by atoms with van der Waals surface area (Å²) in [4.78, 5) is 0. The molecule has 3 nitrogen and oxygen atoms in total. The van der Waals surface area contributed by atoms with Crippen molar-refractivity contribution in [2.45, 2.75) is 53.1 Å². The third kappa shape index (κ3) is 3.32. The lowest BCUT2D eigenvalue weighted by Gasteiger charge is -2.20. The smallest absolute Gasteiger partial charge is 0.0766 e. The van der Waals surface area contributed by atoms with Crippen molar-refractivity contribution < 1.29 is 0 Å². The number of likely N-dealkylation sites (N-methyl/N-ethyl adjacent to an activating group) is 1. The molecule has 0 bridgehead atoms. The van der Waals surface area contributed by atoms with Crippen molar-refractivity contribution in [3.05, 3.63) is 15.9 Å². The van der Waals surface area contributed by atoms with E-state index in [-0.39, 0.29) is 0 Å². The topological polar surface area (TPSA) is 29.9 Å². The van der Waals surface area contributed by atoms with E-state index in [0.29, 0.717) is 12.0 Å². The molecule has 1 N–H and O–H groups in total. The predicted octanol–water partition coefficient (Wildman–Crippen LogP) is 3.01. The monoisotopic (exact) mass is 301 g/mol. The van der Waals surface area contributed by atoms with Gasteiger partial charge in [-0.25, -0.2) is 0 Å². The number of aryl methyl sites for hydroxylation is 2. The normalized spacial score (nSPS) is 13.4. The van der Waals surface area contributed by atoms with E-state index in [1.54, 1.807) is 0 Å². The van der Waals surface area contributed by atoms with E-state index in [9.17, 15) is 0 Å². The van der Waals surface area contributed by atoms with Crippen LogP contribution in [0.4, 0.5) is 0 Å². The molecule has 1 heterocycles. The summed E-state index contributed by atoms with van der Waals surface area (Å²) in [5.41, 5.74) is 2.48. The standard InChI is InChI=1S/C13H24BrN3/c1-6-10-13(14)12(17(7-2)16-10)8-11(15-5)9(3)4/h9,11,15H,6-8H2,1-5H3. The predicted molar refractivity (Wildman–Crippen MR) is 76.4 cm³/mol. The lowest BCUT2D eigenvalue weighted by atomic mass is 9.99. The maximum absolute atomic E-state index is 4.64. The van der Waals surface area contributed by atoms with Crippen molar-refractivity contribution in [3.63, 3.8) is 0 Å². The Morgan fingerprint density at radius 2 is 2.00 bits per heavy atom. The number of nitrogens with one attached hydrogen (secondary N) is 1. The SMILES string of the molecule is CCc1nn(CC)c(CC(NC)C(C)C)c1Br.